The molecule has 0 atom stereocenters. The molecule has 7 aromatic carbocycles. The van der Waals surface area contributed by atoms with Crippen molar-refractivity contribution < 1.29 is 4.94 Å². The first-order valence-corrected chi connectivity index (χ1v) is 20.4. The summed E-state index contributed by atoms with van der Waals surface area (Å²) in [6.07, 6.45) is 1.95. The summed E-state index contributed by atoms with van der Waals surface area (Å²) in [7, 11) is 0. The molecule has 5 heteroatoms. The summed E-state index contributed by atoms with van der Waals surface area (Å²) in [4.78, 5) is 11.8. The maximum absolute atomic E-state index is 6.74. The van der Waals surface area contributed by atoms with Gasteiger partial charge in [-0.1, -0.05) is 133 Å². The van der Waals surface area contributed by atoms with E-state index in [0.717, 1.165) is 50.6 Å². The third-order valence-corrected chi connectivity index (χ3v) is 11.9. The van der Waals surface area contributed by atoms with Crippen molar-refractivity contribution in [3.8, 4) is 16.9 Å². The number of hydrogen-bond donors (Lipinski definition) is 0. The Morgan fingerprint density at radius 1 is 0.492 bits per heavy atom. The van der Waals surface area contributed by atoms with Crippen LogP contribution in [0.25, 0.3) is 38.8 Å². The lowest BCUT2D eigenvalue weighted by molar-refractivity contribution is 0.0842. The van der Waals surface area contributed by atoms with E-state index in [1.165, 1.54) is 38.6 Å². The highest BCUT2D eigenvalue weighted by Gasteiger charge is 2.41. The average molecular weight is 767 g/mol. The molecule has 0 saturated heterocycles. The zero-order chi connectivity index (χ0) is 40.3. The Labute approximate surface area is 346 Å². The molecule has 3 heterocycles. The molecule has 0 amide bonds. The SMILES string of the molecule is Cc1cccc(C)c1-c1ccnc(-n2c3ccccc3c3ccc(C(c4ccccc4)(c4ccccc4)c4cccc(N5ON(C(C)(C)C)c6ccccc65)c4)cc32)c1. The van der Waals surface area contributed by atoms with E-state index >= 15 is 0 Å². The molecule has 0 saturated carbocycles. The van der Waals surface area contributed by atoms with Gasteiger partial charge in [-0.15, -0.1) is 4.94 Å². The van der Waals surface area contributed by atoms with Crippen LogP contribution in [-0.4, -0.2) is 15.1 Å². The van der Waals surface area contributed by atoms with E-state index < -0.39 is 5.41 Å². The van der Waals surface area contributed by atoms with Gasteiger partial charge in [-0.3, -0.25) is 4.57 Å². The minimum atomic E-state index is -0.718. The molecule has 0 spiro atoms. The van der Waals surface area contributed by atoms with Crippen LogP contribution in [-0.2, 0) is 10.4 Å². The number of para-hydroxylation sites is 3. The fourth-order valence-corrected chi connectivity index (χ4v) is 9.31. The maximum Gasteiger partial charge on any atom is 0.138 e. The Kier molecular flexibility index (Phi) is 8.73. The highest BCUT2D eigenvalue weighted by Crippen LogP contribution is 2.50. The molecule has 1 aliphatic rings. The first-order chi connectivity index (χ1) is 28.7. The Morgan fingerprint density at radius 2 is 1.08 bits per heavy atom. The molecular formula is C54H46N4O. The summed E-state index contributed by atoms with van der Waals surface area (Å²) < 4.78 is 2.35. The summed E-state index contributed by atoms with van der Waals surface area (Å²) in [6, 6.07) is 65.7. The van der Waals surface area contributed by atoms with Gasteiger partial charge in [0.2, 0.25) is 0 Å². The average Bonchev–Trinajstić information content (AvgIpc) is 3.82. The fourth-order valence-electron chi connectivity index (χ4n) is 9.31. The van der Waals surface area contributed by atoms with Gasteiger partial charge in [0.1, 0.15) is 5.82 Å². The standard InChI is InChI=1S/C54H46N4O/c1-37-18-16-19-38(2)52(37)39-32-33-55-51(34-39)56-47-27-13-12-26-45(47)46-31-30-43(36-50(46)56)54(40-20-8-6-9-21-40,41-22-10-7-11-23-41)42-24-17-25-44(35-42)57-48-28-14-15-29-49(48)58(59-57)53(3,4)5/h6-36H,1-5H3. The van der Waals surface area contributed by atoms with Crippen LogP contribution in [0.15, 0.2) is 188 Å². The van der Waals surface area contributed by atoms with E-state index in [1.54, 1.807) is 0 Å². The van der Waals surface area contributed by atoms with E-state index in [9.17, 15) is 0 Å². The minimum absolute atomic E-state index is 0.263. The van der Waals surface area contributed by atoms with Crippen molar-refractivity contribution in [2.24, 2.45) is 0 Å². The number of rotatable bonds is 7. The lowest BCUT2D eigenvalue weighted by Crippen LogP contribution is -2.41. The molecule has 0 aliphatic carbocycles. The largest absolute Gasteiger partial charge is 0.294 e. The molecule has 1 aliphatic heterocycles. The lowest BCUT2D eigenvalue weighted by Gasteiger charge is -2.37. The van der Waals surface area contributed by atoms with Crippen molar-refractivity contribution in [1.82, 2.24) is 9.55 Å². The quantitative estimate of drug-likeness (QED) is 0.151. The molecular weight excluding hydrogens is 721 g/mol. The van der Waals surface area contributed by atoms with Crippen LogP contribution >= 0.6 is 0 Å². The Balaban J connectivity index is 1.24. The molecule has 0 fully saturated rings. The van der Waals surface area contributed by atoms with Crippen LogP contribution in [0.5, 0.6) is 0 Å². The third kappa shape index (κ3) is 5.92. The molecule has 0 radical (unpaired) electrons. The van der Waals surface area contributed by atoms with Gasteiger partial charge in [0.05, 0.1) is 39.0 Å². The zero-order valence-corrected chi connectivity index (χ0v) is 34.1. The van der Waals surface area contributed by atoms with Crippen molar-refractivity contribution in [1.29, 1.82) is 0 Å². The zero-order valence-electron chi connectivity index (χ0n) is 34.1. The van der Waals surface area contributed by atoms with Gasteiger partial charge in [-0.2, -0.15) is 5.06 Å². The monoisotopic (exact) mass is 766 g/mol. The van der Waals surface area contributed by atoms with Crippen molar-refractivity contribution in [2.45, 2.75) is 45.6 Å². The topological polar surface area (TPSA) is 33.5 Å². The summed E-state index contributed by atoms with van der Waals surface area (Å²) in [5.41, 5.74) is 13.7. The molecule has 0 unspecified atom stereocenters. The van der Waals surface area contributed by atoms with E-state index in [1.807, 2.05) is 16.3 Å². The molecule has 5 nitrogen and oxygen atoms in total. The van der Waals surface area contributed by atoms with Gasteiger partial charge >= 0.3 is 0 Å². The van der Waals surface area contributed by atoms with Crippen LogP contribution in [0.4, 0.5) is 17.1 Å². The molecule has 10 rings (SSSR count). The Morgan fingerprint density at radius 3 is 1.80 bits per heavy atom. The second kappa shape index (κ2) is 14.2. The number of hydrogen-bond acceptors (Lipinski definition) is 4. The predicted molar refractivity (Wildman–Crippen MR) is 244 cm³/mol. The number of hydroxylamine groups is 1. The van der Waals surface area contributed by atoms with E-state index in [-0.39, 0.29) is 5.54 Å². The van der Waals surface area contributed by atoms with Gasteiger partial charge in [-0.25, -0.2) is 10.0 Å². The van der Waals surface area contributed by atoms with Gasteiger partial charge in [-0.05, 0) is 128 Å². The molecule has 59 heavy (non-hydrogen) atoms. The van der Waals surface area contributed by atoms with Gasteiger partial charge in [0, 0.05) is 17.0 Å². The summed E-state index contributed by atoms with van der Waals surface area (Å²) >= 11 is 0. The number of pyridine rings is 1. The number of benzene rings is 7. The first-order valence-electron chi connectivity index (χ1n) is 20.4. The Hall–Kier alpha value is -6.95. The summed E-state index contributed by atoms with van der Waals surface area (Å²) in [5, 5.41) is 6.35. The van der Waals surface area contributed by atoms with E-state index in [2.05, 4.69) is 221 Å². The molecule has 0 bridgehead atoms. The normalized spacial score (nSPS) is 13.0. The number of aryl methyl sites for hydroxylation is 2. The predicted octanol–water partition coefficient (Wildman–Crippen LogP) is 13.4. The van der Waals surface area contributed by atoms with Gasteiger partial charge in [0.25, 0.3) is 0 Å². The van der Waals surface area contributed by atoms with Crippen LogP contribution in [0.2, 0.25) is 0 Å². The van der Waals surface area contributed by atoms with Gasteiger partial charge < -0.3 is 0 Å². The summed E-state index contributed by atoms with van der Waals surface area (Å²) in [5.74, 6) is 0.883. The van der Waals surface area contributed by atoms with E-state index in [0.29, 0.717) is 0 Å². The van der Waals surface area contributed by atoms with Crippen molar-refractivity contribution in [3.05, 3.63) is 222 Å². The maximum atomic E-state index is 6.74. The van der Waals surface area contributed by atoms with Crippen LogP contribution < -0.4 is 10.1 Å². The second-order valence-corrected chi connectivity index (χ2v) is 16.6. The van der Waals surface area contributed by atoms with E-state index in [4.69, 9.17) is 9.92 Å². The first kappa shape index (κ1) is 36.4. The van der Waals surface area contributed by atoms with Crippen LogP contribution in [0, 0.1) is 13.8 Å². The fraction of sp³-hybridized carbons (Fsp3) is 0.130. The number of nitrogens with zero attached hydrogens (tertiary/aromatic N) is 4. The van der Waals surface area contributed by atoms with Crippen molar-refractivity contribution >= 4 is 38.9 Å². The van der Waals surface area contributed by atoms with Gasteiger partial charge in [0.15, 0.2) is 0 Å². The second-order valence-electron chi connectivity index (χ2n) is 16.6. The highest BCUT2D eigenvalue weighted by molar-refractivity contribution is 6.09. The van der Waals surface area contributed by atoms with Crippen molar-refractivity contribution in [3.63, 3.8) is 0 Å². The molecule has 9 aromatic rings. The minimum Gasteiger partial charge on any atom is -0.294 e. The highest BCUT2D eigenvalue weighted by atomic mass is 16.8. The third-order valence-electron chi connectivity index (χ3n) is 11.9. The number of fused-ring (bicyclic) bond motifs is 4. The van der Waals surface area contributed by atoms with Crippen molar-refractivity contribution in [2.75, 3.05) is 10.1 Å². The lowest BCUT2D eigenvalue weighted by atomic mass is 9.65. The number of anilines is 3. The molecule has 0 N–H and O–H groups in total. The Bertz CT molecular complexity index is 2940. The van der Waals surface area contributed by atoms with Crippen LogP contribution in [0.1, 0.15) is 54.2 Å². The molecule has 288 valence electrons. The number of aromatic nitrogens is 2. The smallest absolute Gasteiger partial charge is 0.138 e. The summed E-state index contributed by atoms with van der Waals surface area (Å²) in [6.45, 7) is 10.9. The van der Waals surface area contributed by atoms with Crippen LogP contribution in [0.3, 0.4) is 0 Å². The molecule has 2 aromatic heterocycles.